The highest BCUT2D eigenvalue weighted by Gasteiger charge is 2.13. The summed E-state index contributed by atoms with van der Waals surface area (Å²) in [6, 6.07) is 23.3. The molecule has 0 aliphatic rings. The van der Waals surface area contributed by atoms with Crippen molar-refractivity contribution in [1.29, 1.82) is 0 Å². The molecule has 0 spiro atoms. The monoisotopic (exact) mass is 418 g/mol. The van der Waals surface area contributed by atoms with Crippen LogP contribution in [0.3, 0.4) is 0 Å². The van der Waals surface area contributed by atoms with E-state index in [-0.39, 0.29) is 11.7 Å². The first-order chi connectivity index (χ1) is 15.0. The Hall–Kier alpha value is -3.60. The van der Waals surface area contributed by atoms with Crippen molar-refractivity contribution >= 4 is 11.9 Å². The molecule has 0 heterocycles. The fraction of sp³-hybridized carbons (Fsp3) is 0.231. The average molecular weight is 418 g/mol. The Kier molecular flexibility index (Phi) is 7.82. The number of hydrogen-bond donors (Lipinski definition) is 0. The lowest BCUT2D eigenvalue weighted by Crippen LogP contribution is -2.12. The number of benzene rings is 3. The first-order valence-electron chi connectivity index (χ1n) is 10.3. The van der Waals surface area contributed by atoms with Crippen LogP contribution in [0.2, 0.25) is 0 Å². The van der Waals surface area contributed by atoms with Crippen molar-refractivity contribution in [3.63, 3.8) is 0 Å². The maximum atomic E-state index is 12.6. The molecule has 0 saturated heterocycles. The summed E-state index contributed by atoms with van der Waals surface area (Å²) in [6.45, 7) is 4.76. The Morgan fingerprint density at radius 1 is 0.774 bits per heavy atom. The molecule has 0 aromatic heterocycles. The molecule has 5 heteroatoms. The fourth-order valence-corrected chi connectivity index (χ4v) is 2.82. The molecular formula is C26H26O5. The smallest absolute Gasteiger partial charge is 0.343 e. The van der Waals surface area contributed by atoms with E-state index in [1.165, 1.54) is 11.6 Å². The van der Waals surface area contributed by atoms with Crippen LogP contribution in [0.1, 0.15) is 40.1 Å². The van der Waals surface area contributed by atoms with Crippen LogP contribution in [0, 0.1) is 5.92 Å². The maximum absolute atomic E-state index is 12.6. The zero-order valence-electron chi connectivity index (χ0n) is 17.7. The summed E-state index contributed by atoms with van der Waals surface area (Å²) in [5.74, 6) is 0.143. The largest absolute Gasteiger partial charge is 0.493 e. The van der Waals surface area contributed by atoms with Gasteiger partial charge in [0.05, 0.1) is 24.3 Å². The SMILES string of the molecule is CC(C)COC(=O)c1cccc(OC(=O)c2cccc(OCCc3ccccc3)c2)c1. The molecule has 0 fully saturated rings. The standard InChI is InChI=1S/C26H26O5/c1-19(2)18-30-25(27)21-10-7-13-24(17-21)31-26(28)22-11-6-12-23(16-22)29-15-14-20-8-4-3-5-9-20/h3-13,16-17,19H,14-15,18H2,1-2H3. The van der Waals surface area contributed by atoms with Gasteiger partial charge in [0, 0.05) is 6.42 Å². The van der Waals surface area contributed by atoms with E-state index in [0.29, 0.717) is 30.1 Å². The van der Waals surface area contributed by atoms with Gasteiger partial charge in [0.25, 0.3) is 0 Å². The second-order valence-corrected chi connectivity index (χ2v) is 7.52. The van der Waals surface area contributed by atoms with E-state index in [0.717, 1.165) is 6.42 Å². The molecule has 0 unspecified atom stereocenters. The molecule has 0 radical (unpaired) electrons. The van der Waals surface area contributed by atoms with Crippen molar-refractivity contribution in [2.75, 3.05) is 13.2 Å². The Morgan fingerprint density at radius 2 is 1.42 bits per heavy atom. The molecule has 0 bridgehead atoms. The molecule has 3 aromatic rings. The molecular weight excluding hydrogens is 392 g/mol. The van der Waals surface area contributed by atoms with E-state index in [1.54, 1.807) is 42.5 Å². The van der Waals surface area contributed by atoms with Gasteiger partial charge in [-0.3, -0.25) is 0 Å². The Balaban J connectivity index is 1.58. The van der Waals surface area contributed by atoms with Crippen LogP contribution in [0.5, 0.6) is 11.5 Å². The van der Waals surface area contributed by atoms with E-state index in [2.05, 4.69) is 0 Å². The highest BCUT2D eigenvalue weighted by atomic mass is 16.5. The molecule has 0 aliphatic carbocycles. The predicted molar refractivity (Wildman–Crippen MR) is 119 cm³/mol. The molecule has 160 valence electrons. The molecule has 0 saturated carbocycles. The quantitative estimate of drug-likeness (QED) is 0.347. The van der Waals surface area contributed by atoms with Crippen LogP contribution >= 0.6 is 0 Å². The highest BCUT2D eigenvalue weighted by molar-refractivity contribution is 5.93. The third-order valence-corrected chi connectivity index (χ3v) is 4.40. The van der Waals surface area contributed by atoms with Crippen LogP contribution in [-0.4, -0.2) is 25.2 Å². The minimum absolute atomic E-state index is 0.243. The topological polar surface area (TPSA) is 61.8 Å². The number of hydrogen-bond acceptors (Lipinski definition) is 5. The zero-order chi connectivity index (χ0) is 22.1. The lowest BCUT2D eigenvalue weighted by molar-refractivity contribution is 0.0457. The van der Waals surface area contributed by atoms with Crippen molar-refractivity contribution < 1.29 is 23.8 Å². The summed E-state index contributed by atoms with van der Waals surface area (Å²) in [4.78, 5) is 24.7. The van der Waals surface area contributed by atoms with Gasteiger partial charge >= 0.3 is 11.9 Å². The van der Waals surface area contributed by atoms with Gasteiger partial charge in [-0.05, 0) is 47.9 Å². The number of carbonyl (C=O) groups is 2. The number of rotatable bonds is 9. The predicted octanol–water partition coefficient (Wildman–Crippen LogP) is 5.34. The minimum Gasteiger partial charge on any atom is -0.493 e. The van der Waals surface area contributed by atoms with Crippen molar-refractivity contribution in [2.45, 2.75) is 20.3 Å². The van der Waals surface area contributed by atoms with Crippen LogP contribution < -0.4 is 9.47 Å². The van der Waals surface area contributed by atoms with Gasteiger partial charge in [-0.15, -0.1) is 0 Å². The van der Waals surface area contributed by atoms with E-state index in [9.17, 15) is 9.59 Å². The third kappa shape index (κ3) is 7.00. The second-order valence-electron chi connectivity index (χ2n) is 7.52. The summed E-state index contributed by atoms with van der Waals surface area (Å²) in [6.07, 6.45) is 0.773. The van der Waals surface area contributed by atoms with Gasteiger partial charge < -0.3 is 14.2 Å². The van der Waals surface area contributed by atoms with Gasteiger partial charge in [-0.2, -0.15) is 0 Å². The Bertz CT molecular complexity index is 1010. The van der Waals surface area contributed by atoms with Gasteiger partial charge in [0.1, 0.15) is 11.5 Å². The first-order valence-corrected chi connectivity index (χ1v) is 10.3. The lowest BCUT2D eigenvalue weighted by Gasteiger charge is -2.10. The average Bonchev–Trinajstić information content (AvgIpc) is 2.78. The lowest BCUT2D eigenvalue weighted by atomic mass is 10.2. The van der Waals surface area contributed by atoms with Gasteiger partial charge in [-0.25, -0.2) is 9.59 Å². The van der Waals surface area contributed by atoms with E-state index in [4.69, 9.17) is 14.2 Å². The van der Waals surface area contributed by atoms with Crippen molar-refractivity contribution in [2.24, 2.45) is 5.92 Å². The number of carbonyl (C=O) groups excluding carboxylic acids is 2. The normalized spacial score (nSPS) is 10.5. The van der Waals surface area contributed by atoms with Gasteiger partial charge in [0.2, 0.25) is 0 Å². The van der Waals surface area contributed by atoms with Crippen molar-refractivity contribution in [1.82, 2.24) is 0 Å². The Labute approximate surface area is 182 Å². The van der Waals surface area contributed by atoms with Crippen LogP contribution in [0.4, 0.5) is 0 Å². The molecule has 0 aliphatic heterocycles. The first kappa shape index (κ1) is 22.1. The summed E-state index contributed by atoms with van der Waals surface area (Å²) >= 11 is 0. The molecule has 0 amide bonds. The zero-order valence-corrected chi connectivity index (χ0v) is 17.7. The van der Waals surface area contributed by atoms with Gasteiger partial charge in [0.15, 0.2) is 0 Å². The van der Waals surface area contributed by atoms with Crippen molar-refractivity contribution in [3.8, 4) is 11.5 Å². The second kappa shape index (κ2) is 11.0. The van der Waals surface area contributed by atoms with E-state index >= 15 is 0 Å². The van der Waals surface area contributed by atoms with E-state index in [1.807, 2.05) is 44.2 Å². The summed E-state index contributed by atoms with van der Waals surface area (Å²) in [5, 5.41) is 0. The minimum atomic E-state index is -0.527. The summed E-state index contributed by atoms with van der Waals surface area (Å²) in [7, 11) is 0. The summed E-state index contributed by atoms with van der Waals surface area (Å²) in [5.41, 5.74) is 1.89. The maximum Gasteiger partial charge on any atom is 0.343 e. The molecule has 3 rings (SSSR count). The van der Waals surface area contributed by atoms with E-state index < -0.39 is 11.9 Å². The van der Waals surface area contributed by atoms with Gasteiger partial charge in [-0.1, -0.05) is 56.3 Å². The number of esters is 2. The van der Waals surface area contributed by atoms with Crippen LogP contribution in [0.15, 0.2) is 78.9 Å². The number of ether oxygens (including phenoxy) is 3. The van der Waals surface area contributed by atoms with Crippen molar-refractivity contribution in [3.05, 3.63) is 95.6 Å². The molecule has 5 nitrogen and oxygen atoms in total. The highest BCUT2D eigenvalue weighted by Crippen LogP contribution is 2.19. The van der Waals surface area contributed by atoms with Crippen LogP contribution in [0.25, 0.3) is 0 Å². The fourth-order valence-electron chi connectivity index (χ4n) is 2.82. The molecule has 3 aromatic carbocycles. The summed E-state index contributed by atoms with van der Waals surface area (Å²) < 4.78 is 16.4. The third-order valence-electron chi connectivity index (χ3n) is 4.40. The molecule has 0 N–H and O–H groups in total. The van der Waals surface area contributed by atoms with Crippen LogP contribution in [-0.2, 0) is 11.2 Å². The Morgan fingerprint density at radius 3 is 2.13 bits per heavy atom. The molecule has 31 heavy (non-hydrogen) atoms. The molecule has 0 atom stereocenters.